The Morgan fingerprint density at radius 1 is 1.00 bits per heavy atom. The van der Waals surface area contributed by atoms with Crippen molar-refractivity contribution in [3.63, 3.8) is 0 Å². The Labute approximate surface area is 262 Å². The van der Waals surface area contributed by atoms with Gasteiger partial charge in [-0.15, -0.1) is 0 Å². The SMILES string of the molecule is C[C@@H]1NC(=O)CC/C=C\CN(Cc2ccccc2)C(=O)[C@H]2N([C@H](C)CO)C(=O)[C@@H]3[C@@H](C(=O)O[C@H]1c1ccccc1)[C@H]1C=C[C@]32O1. The molecule has 10 heteroatoms. The van der Waals surface area contributed by atoms with Gasteiger partial charge in [-0.25, -0.2) is 0 Å². The Hall–Kier alpha value is -4.28. The molecule has 5 bridgehead atoms. The third-order valence-electron chi connectivity index (χ3n) is 9.33. The van der Waals surface area contributed by atoms with E-state index < -0.39 is 59.6 Å². The van der Waals surface area contributed by atoms with E-state index in [0.29, 0.717) is 12.0 Å². The lowest BCUT2D eigenvalue weighted by Crippen LogP contribution is -2.57. The Kier molecular flexibility index (Phi) is 8.61. The molecule has 2 saturated heterocycles. The van der Waals surface area contributed by atoms with Crippen LogP contribution in [0.1, 0.15) is 43.9 Å². The predicted molar refractivity (Wildman–Crippen MR) is 164 cm³/mol. The van der Waals surface area contributed by atoms with Gasteiger partial charge in [-0.2, -0.15) is 0 Å². The first-order valence-corrected chi connectivity index (χ1v) is 15.6. The number of carbonyl (C=O) groups excluding carboxylic acids is 4. The molecule has 0 aromatic heterocycles. The van der Waals surface area contributed by atoms with Crippen LogP contribution in [0, 0.1) is 11.8 Å². The van der Waals surface area contributed by atoms with E-state index in [1.165, 1.54) is 4.90 Å². The van der Waals surface area contributed by atoms with E-state index in [9.17, 15) is 24.3 Å². The topological polar surface area (TPSA) is 125 Å². The van der Waals surface area contributed by atoms with Gasteiger partial charge >= 0.3 is 5.97 Å². The number of cyclic esters (lactones) is 1. The molecule has 45 heavy (non-hydrogen) atoms. The smallest absolute Gasteiger partial charge is 0.313 e. The van der Waals surface area contributed by atoms with Crippen LogP contribution in [-0.4, -0.2) is 81.6 Å². The Bertz CT molecular complexity index is 1500. The van der Waals surface area contributed by atoms with Crippen molar-refractivity contribution in [2.24, 2.45) is 11.8 Å². The number of likely N-dealkylation sites (tertiary alicyclic amines) is 1. The lowest BCUT2D eigenvalue weighted by Gasteiger charge is -2.37. The van der Waals surface area contributed by atoms with Gasteiger partial charge in [0, 0.05) is 19.5 Å². The summed E-state index contributed by atoms with van der Waals surface area (Å²) in [7, 11) is 0. The van der Waals surface area contributed by atoms with Crippen molar-refractivity contribution in [3.8, 4) is 0 Å². The largest absolute Gasteiger partial charge is 0.455 e. The van der Waals surface area contributed by atoms with Crippen LogP contribution >= 0.6 is 0 Å². The number of fused-ring (bicyclic) bond motifs is 2. The summed E-state index contributed by atoms with van der Waals surface area (Å²) in [5.74, 6) is -3.65. The van der Waals surface area contributed by atoms with Gasteiger partial charge < -0.3 is 29.7 Å². The maximum absolute atomic E-state index is 14.6. The molecule has 4 aliphatic rings. The molecular weight excluding hydrogens is 574 g/mol. The summed E-state index contributed by atoms with van der Waals surface area (Å²) in [5.41, 5.74) is 0.198. The molecule has 0 saturated carbocycles. The fourth-order valence-electron chi connectivity index (χ4n) is 7.17. The van der Waals surface area contributed by atoms with E-state index in [2.05, 4.69) is 5.32 Å². The number of hydrogen-bond donors (Lipinski definition) is 2. The molecule has 2 aromatic carbocycles. The molecule has 6 rings (SSSR count). The first kappa shape index (κ1) is 30.7. The van der Waals surface area contributed by atoms with Gasteiger partial charge in [0.25, 0.3) is 0 Å². The molecule has 0 radical (unpaired) electrons. The summed E-state index contributed by atoms with van der Waals surface area (Å²) in [6.45, 7) is 3.60. The van der Waals surface area contributed by atoms with Gasteiger partial charge in [-0.1, -0.05) is 85.0 Å². The molecule has 3 amide bonds. The van der Waals surface area contributed by atoms with E-state index in [0.717, 1.165) is 5.56 Å². The number of allylic oxidation sites excluding steroid dienone is 1. The molecule has 4 heterocycles. The van der Waals surface area contributed by atoms with Gasteiger partial charge in [0.05, 0.1) is 30.7 Å². The number of aliphatic hydroxyl groups is 1. The summed E-state index contributed by atoms with van der Waals surface area (Å²) in [6.07, 6.45) is 6.28. The van der Waals surface area contributed by atoms with E-state index in [1.54, 1.807) is 30.9 Å². The van der Waals surface area contributed by atoms with Gasteiger partial charge in [-0.3, -0.25) is 19.2 Å². The van der Waals surface area contributed by atoms with E-state index >= 15 is 0 Å². The van der Waals surface area contributed by atoms with Crippen LogP contribution in [-0.2, 0) is 35.2 Å². The standard InChI is InChI=1S/C35H39N3O7/c1-22(21-39)38-31-33(42)37(20-24-12-6-3-7-13-24)19-11-5-10-16-27(40)36-23(2)30(25-14-8-4-9-15-25)44-34(43)28-26-17-18-35(31,45-26)29(28)32(38)41/h3-9,11-15,17-18,22-23,26,28-31,39H,10,16,19-21H2,1-2H3,(H,36,40)/b11-5-/t22-,23+,26-,28+,29+,30-,31-,35+/m1/s1. The lowest BCUT2D eigenvalue weighted by molar-refractivity contribution is -0.162. The summed E-state index contributed by atoms with van der Waals surface area (Å²) in [4.78, 5) is 59.0. The number of amides is 3. The van der Waals surface area contributed by atoms with Gasteiger partial charge in [0.1, 0.15) is 23.7 Å². The van der Waals surface area contributed by atoms with Crippen molar-refractivity contribution >= 4 is 23.7 Å². The van der Waals surface area contributed by atoms with Crippen LogP contribution in [0.3, 0.4) is 0 Å². The van der Waals surface area contributed by atoms with Gasteiger partial charge in [0.15, 0.2) is 0 Å². The third-order valence-corrected chi connectivity index (χ3v) is 9.33. The molecule has 8 atom stereocenters. The summed E-state index contributed by atoms with van der Waals surface area (Å²) < 4.78 is 12.6. The normalized spacial score (nSPS) is 33.1. The van der Waals surface area contributed by atoms with Crippen LogP contribution < -0.4 is 5.32 Å². The van der Waals surface area contributed by atoms with E-state index in [-0.39, 0.29) is 37.9 Å². The number of esters is 1. The molecule has 2 N–H and O–H groups in total. The van der Waals surface area contributed by atoms with E-state index in [1.807, 2.05) is 72.8 Å². The van der Waals surface area contributed by atoms with Crippen LogP contribution in [0.25, 0.3) is 0 Å². The molecule has 4 aliphatic heterocycles. The molecular formula is C35H39N3O7. The number of ether oxygens (including phenoxy) is 2. The summed E-state index contributed by atoms with van der Waals surface area (Å²) in [5, 5.41) is 13.2. The molecule has 10 nitrogen and oxygen atoms in total. The fourth-order valence-corrected chi connectivity index (χ4v) is 7.17. The number of nitrogens with zero attached hydrogens (tertiary/aromatic N) is 2. The Balaban J connectivity index is 1.42. The molecule has 0 aliphatic carbocycles. The zero-order chi connectivity index (χ0) is 31.7. The minimum absolute atomic E-state index is 0.196. The highest BCUT2D eigenvalue weighted by molar-refractivity contribution is 5.99. The minimum atomic E-state index is -1.40. The number of aliphatic hydroxyl groups excluding tert-OH is 1. The van der Waals surface area contributed by atoms with E-state index in [4.69, 9.17) is 9.47 Å². The highest BCUT2D eigenvalue weighted by Gasteiger charge is 2.74. The van der Waals surface area contributed by atoms with Crippen LogP contribution in [0.15, 0.2) is 85.0 Å². The number of carbonyl (C=O) groups is 4. The molecule has 2 fully saturated rings. The maximum Gasteiger partial charge on any atom is 0.313 e. The highest BCUT2D eigenvalue weighted by atomic mass is 16.6. The van der Waals surface area contributed by atoms with Gasteiger partial charge in [-0.05, 0) is 31.4 Å². The predicted octanol–water partition coefficient (Wildman–Crippen LogP) is 2.69. The monoisotopic (exact) mass is 613 g/mol. The lowest BCUT2D eigenvalue weighted by atomic mass is 9.74. The van der Waals surface area contributed by atoms with Crippen molar-refractivity contribution in [2.75, 3.05) is 13.2 Å². The van der Waals surface area contributed by atoms with Crippen LogP contribution in [0.2, 0.25) is 0 Å². The van der Waals surface area contributed by atoms with Crippen molar-refractivity contribution in [2.45, 2.75) is 69.2 Å². The van der Waals surface area contributed by atoms with Crippen molar-refractivity contribution in [1.29, 1.82) is 0 Å². The summed E-state index contributed by atoms with van der Waals surface area (Å²) >= 11 is 0. The van der Waals surface area contributed by atoms with Crippen molar-refractivity contribution < 1.29 is 33.8 Å². The average molecular weight is 614 g/mol. The highest BCUT2D eigenvalue weighted by Crippen LogP contribution is 2.56. The Morgan fingerprint density at radius 3 is 2.42 bits per heavy atom. The molecule has 2 aromatic rings. The second-order valence-electron chi connectivity index (χ2n) is 12.3. The molecule has 236 valence electrons. The van der Waals surface area contributed by atoms with Crippen LogP contribution in [0.4, 0.5) is 0 Å². The summed E-state index contributed by atoms with van der Waals surface area (Å²) in [6, 6.07) is 16.3. The average Bonchev–Trinajstić information content (AvgIpc) is 3.70. The first-order valence-electron chi connectivity index (χ1n) is 15.6. The zero-order valence-electron chi connectivity index (χ0n) is 25.5. The number of hydrogen-bond acceptors (Lipinski definition) is 7. The second kappa shape index (κ2) is 12.6. The van der Waals surface area contributed by atoms with Gasteiger partial charge in [0.2, 0.25) is 17.7 Å². The molecule has 1 spiro atoms. The quantitative estimate of drug-likeness (QED) is 0.393. The maximum atomic E-state index is 14.6. The molecule has 0 unspecified atom stereocenters. The number of benzene rings is 2. The second-order valence-corrected chi connectivity index (χ2v) is 12.3. The first-order chi connectivity index (χ1) is 21.7. The zero-order valence-corrected chi connectivity index (χ0v) is 25.5. The fraction of sp³-hybridized carbons (Fsp3) is 0.429. The Morgan fingerprint density at radius 2 is 1.71 bits per heavy atom. The minimum Gasteiger partial charge on any atom is -0.455 e. The number of nitrogens with one attached hydrogen (secondary N) is 1. The van der Waals surface area contributed by atoms with Crippen molar-refractivity contribution in [3.05, 3.63) is 96.1 Å². The van der Waals surface area contributed by atoms with Crippen LogP contribution in [0.5, 0.6) is 0 Å². The third kappa shape index (κ3) is 5.57. The number of rotatable bonds is 5. The van der Waals surface area contributed by atoms with Crippen molar-refractivity contribution in [1.82, 2.24) is 15.1 Å².